The zero-order chi connectivity index (χ0) is 20.1. The number of rotatable bonds is 6. The number of benzene rings is 2. The molecule has 1 heterocycles. The Labute approximate surface area is 199 Å². The summed E-state index contributed by atoms with van der Waals surface area (Å²) in [7, 11) is 0. The summed E-state index contributed by atoms with van der Waals surface area (Å²) in [4.78, 5) is 17.9. The molecule has 4 rings (SSSR count). The first-order valence-electron chi connectivity index (χ1n) is 10.6. The minimum Gasteiger partial charge on any atom is -0.464 e. The van der Waals surface area contributed by atoms with Gasteiger partial charge in [-0.05, 0) is 65.3 Å². The molecular formula is C24H30ClIN2O2. The van der Waals surface area contributed by atoms with Gasteiger partial charge in [-0.15, -0.1) is 12.4 Å². The highest BCUT2D eigenvalue weighted by Gasteiger charge is 2.44. The van der Waals surface area contributed by atoms with E-state index in [1.54, 1.807) is 0 Å². The molecule has 0 amide bonds. The molecule has 0 aromatic heterocycles. The van der Waals surface area contributed by atoms with Crippen LogP contribution in [0.3, 0.4) is 0 Å². The fourth-order valence-electron chi connectivity index (χ4n) is 4.63. The van der Waals surface area contributed by atoms with Crippen molar-refractivity contribution in [3.05, 3.63) is 63.7 Å². The maximum atomic E-state index is 13.1. The molecule has 2 fully saturated rings. The third-order valence-corrected chi connectivity index (χ3v) is 7.10. The van der Waals surface area contributed by atoms with E-state index in [1.165, 1.54) is 9.26 Å². The number of para-hydroxylation sites is 1. The SMILES string of the molecule is Cl.O=C(OCCN1CCN(c2ccccc2)CC1)C1(c2ccc(I)cc2)CCCC1. The molecular weight excluding hydrogens is 511 g/mol. The molecule has 1 aliphatic heterocycles. The van der Waals surface area contributed by atoms with E-state index in [9.17, 15) is 4.79 Å². The van der Waals surface area contributed by atoms with E-state index in [4.69, 9.17) is 4.74 Å². The number of hydrogen-bond donors (Lipinski definition) is 0. The molecule has 0 bridgehead atoms. The molecule has 6 heteroatoms. The number of carbonyl (C=O) groups excluding carboxylic acids is 1. The van der Waals surface area contributed by atoms with Crippen LogP contribution in [-0.4, -0.2) is 50.2 Å². The van der Waals surface area contributed by atoms with Crippen molar-refractivity contribution >= 4 is 46.7 Å². The molecule has 0 radical (unpaired) electrons. The van der Waals surface area contributed by atoms with Crippen LogP contribution in [0.5, 0.6) is 0 Å². The first kappa shape index (κ1) is 23.4. The quantitative estimate of drug-likeness (QED) is 0.386. The number of esters is 1. The summed E-state index contributed by atoms with van der Waals surface area (Å²) in [5.41, 5.74) is 1.98. The third-order valence-electron chi connectivity index (χ3n) is 6.38. The smallest absolute Gasteiger partial charge is 0.316 e. The van der Waals surface area contributed by atoms with Crippen molar-refractivity contribution < 1.29 is 9.53 Å². The van der Waals surface area contributed by atoms with Crippen molar-refractivity contribution in [1.29, 1.82) is 0 Å². The van der Waals surface area contributed by atoms with E-state index in [1.807, 2.05) is 0 Å². The van der Waals surface area contributed by atoms with Gasteiger partial charge in [-0.2, -0.15) is 0 Å². The average molecular weight is 541 g/mol. The highest BCUT2D eigenvalue weighted by atomic mass is 127. The second kappa shape index (κ2) is 10.8. The third kappa shape index (κ3) is 5.29. The largest absolute Gasteiger partial charge is 0.464 e. The van der Waals surface area contributed by atoms with Crippen LogP contribution in [0.4, 0.5) is 5.69 Å². The van der Waals surface area contributed by atoms with Gasteiger partial charge in [0.05, 0.1) is 5.41 Å². The van der Waals surface area contributed by atoms with Gasteiger partial charge < -0.3 is 9.64 Å². The summed E-state index contributed by atoms with van der Waals surface area (Å²) in [6.07, 6.45) is 4.01. The Bertz CT molecular complexity index is 802. The molecule has 0 spiro atoms. The van der Waals surface area contributed by atoms with E-state index < -0.39 is 5.41 Å². The number of carbonyl (C=O) groups is 1. The fourth-order valence-corrected chi connectivity index (χ4v) is 4.99. The van der Waals surface area contributed by atoms with Gasteiger partial charge in [0.1, 0.15) is 6.61 Å². The molecule has 2 aliphatic rings. The van der Waals surface area contributed by atoms with Crippen molar-refractivity contribution in [3.63, 3.8) is 0 Å². The van der Waals surface area contributed by atoms with Crippen LogP contribution in [0.15, 0.2) is 54.6 Å². The molecule has 2 aromatic rings. The molecule has 1 saturated carbocycles. The minimum absolute atomic E-state index is 0. The van der Waals surface area contributed by atoms with Gasteiger partial charge in [-0.1, -0.05) is 43.2 Å². The summed E-state index contributed by atoms with van der Waals surface area (Å²) in [5.74, 6) is -0.0286. The van der Waals surface area contributed by atoms with E-state index >= 15 is 0 Å². The van der Waals surface area contributed by atoms with Crippen molar-refractivity contribution in [1.82, 2.24) is 4.90 Å². The zero-order valence-electron chi connectivity index (χ0n) is 17.3. The monoisotopic (exact) mass is 540 g/mol. The number of anilines is 1. The van der Waals surface area contributed by atoms with Crippen LogP contribution in [0.2, 0.25) is 0 Å². The summed E-state index contributed by atoms with van der Waals surface area (Å²) >= 11 is 2.31. The van der Waals surface area contributed by atoms with Crippen molar-refractivity contribution in [2.75, 3.05) is 44.2 Å². The maximum Gasteiger partial charge on any atom is 0.316 e. The molecule has 162 valence electrons. The Kier molecular flexibility index (Phi) is 8.43. The molecule has 0 unspecified atom stereocenters. The number of nitrogens with zero attached hydrogens (tertiary/aromatic N) is 2. The summed E-state index contributed by atoms with van der Waals surface area (Å²) in [5, 5.41) is 0. The summed E-state index contributed by atoms with van der Waals surface area (Å²) in [6, 6.07) is 19.0. The van der Waals surface area contributed by atoms with Crippen LogP contribution in [0.1, 0.15) is 31.2 Å². The molecule has 1 aliphatic carbocycles. The molecule has 0 atom stereocenters. The lowest BCUT2D eigenvalue weighted by Gasteiger charge is -2.36. The van der Waals surface area contributed by atoms with Gasteiger partial charge in [0.15, 0.2) is 0 Å². The lowest BCUT2D eigenvalue weighted by Crippen LogP contribution is -2.47. The summed E-state index contributed by atoms with van der Waals surface area (Å²) in [6.45, 7) is 5.35. The van der Waals surface area contributed by atoms with Crippen molar-refractivity contribution in [3.8, 4) is 0 Å². The van der Waals surface area contributed by atoms with Crippen molar-refractivity contribution in [2.45, 2.75) is 31.1 Å². The van der Waals surface area contributed by atoms with Crippen LogP contribution in [0, 0.1) is 3.57 Å². The maximum absolute atomic E-state index is 13.1. The summed E-state index contributed by atoms with van der Waals surface area (Å²) < 4.78 is 7.03. The second-order valence-corrected chi connectivity index (χ2v) is 9.34. The Morgan fingerprint density at radius 2 is 1.57 bits per heavy atom. The highest BCUT2D eigenvalue weighted by Crippen LogP contribution is 2.42. The van der Waals surface area contributed by atoms with Gasteiger partial charge >= 0.3 is 5.97 Å². The predicted octanol–water partition coefficient (Wildman–Crippen LogP) is 4.89. The van der Waals surface area contributed by atoms with E-state index in [2.05, 4.69) is 87.0 Å². The van der Waals surface area contributed by atoms with Gasteiger partial charge in [0, 0.05) is 42.0 Å². The van der Waals surface area contributed by atoms with Crippen LogP contribution >= 0.6 is 35.0 Å². The zero-order valence-corrected chi connectivity index (χ0v) is 20.2. The lowest BCUT2D eigenvalue weighted by molar-refractivity contribution is -0.151. The number of hydrogen-bond acceptors (Lipinski definition) is 4. The van der Waals surface area contributed by atoms with Crippen LogP contribution in [0.25, 0.3) is 0 Å². The van der Waals surface area contributed by atoms with Gasteiger partial charge in [0.2, 0.25) is 0 Å². The number of halogens is 2. The normalized spacial score (nSPS) is 18.6. The number of piperazine rings is 1. The molecule has 4 nitrogen and oxygen atoms in total. The van der Waals surface area contributed by atoms with Gasteiger partial charge in [0.25, 0.3) is 0 Å². The topological polar surface area (TPSA) is 32.8 Å². The van der Waals surface area contributed by atoms with Gasteiger partial charge in [-0.25, -0.2) is 0 Å². The Morgan fingerprint density at radius 1 is 0.933 bits per heavy atom. The Balaban J connectivity index is 0.00000256. The van der Waals surface area contributed by atoms with Crippen LogP contribution in [-0.2, 0) is 14.9 Å². The molecule has 1 saturated heterocycles. The van der Waals surface area contributed by atoms with Crippen molar-refractivity contribution in [2.24, 2.45) is 0 Å². The Hall–Kier alpha value is -1.31. The molecule has 30 heavy (non-hydrogen) atoms. The Morgan fingerprint density at radius 3 is 2.20 bits per heavy atom. The van der Waals surface area contributed by atoms with E-state index in [0.29, 0.717) is 6.61 Å². The first-order chi connectivity index (χ1) is 14.2. The predicted molar refractivity (Wildman–Crippen MR) is 133 cm³/mol. The lowest BCUT2D eigenvalue weighted by atomic mass is 9.79. The number of ether oxygens (including phenoxy) is 1. The van der Waals surface area contributed by atoms with E-state index in [0.717, 1.165) is 64.0 Å². The standard InChI is InChI=1S/C24H29IN2O2.ClH/c25-21-10-8-20(9-11-21)24(12-4-5-13-24)23(28)29-19-18-26-14-16-27(17-15-26)22-6-2-1-3-7-22;/h1-3,6-11H,4-5,12-19H2;1H. The fraction of sp³-hybridized carbons (Fsp3) is 0.458. The highest BCUT2D eigenvalue weighted by molar-refractivity contribution is 14.1. The minimum atomic E-state index is -0.434. The molecule has 0 N–H and O–H groups in total. The first-order valence-corrected chi connectivity index (χ1v) is 11.7. The van der Waals surface area contributed by atoms with E-state index in [-0.39, 0.29) is 18.4 Å². The second-order valence-electron chi connectivity index (χ2n) is 8.10. The average Bonchev–Trinajstić information content (AvgIpc) is 3.26. The molecule has 2 aromatic carbocycles. The van der Waals surface area contributed by atoms with Crippen LogP contribution < -0.4 is 4.90 Å². The van der Waals surface area contributed by atoms with Gasteiger partial charge in [-0.3, -0.25) is 9.69 Å².